The van der Waals surface area contributed by atoms with E-state index in [1.54, 1.807) is 12.4 Å². The lowest BCUT2D eigenvalue weighted by Crippen LogP contribution is -2.20. The Morgan fingerprint density at radius 2 is 2.40 bits per heavy atom. The van der Waals surface area contributed by atoms with Gasteiger partial charge in [0.25, 0.3) is 0 Å². The number of carboxylic acid groups (broad SMARTS) is 1. The number of fused-ring (bicyclic) bond motifs is 1. The average molecular weight is 276 g/mol. The van der Waals surface area contributed by atoms with Gasteiger partial charge in [0, 0.05) is 19.3 Å². The molecule has 1 aliphatic rings. The number of hydrogen-bond acceptors (Lipinski definition) is 4. The molecule has 0 spiro atoms. The van der Waals surface area contributed by atoms with Crippen LogP contribution in [0.4, 0.5) is 4.79 Å². The zero-order valence-corrected chi connectivity index (χ0v) is 11.0. The Morgan fingerprint density at radius 1 is 1.50 bits per heavy atom. The van der Waals surface area contributed by atoms with Crippen molar-refractivity contribution in [3.8, 4) is 0 Å². The van der Waals surface area contributed by atoms with E-state index in [0.29, 0.717) is 0 Å². The summed E-state index contributed by atoms with van der Waals surface area (Å²) in [5, 5.41) is 15.3. The predicted octanol–water partition coefficient (Wildman–Crippen LogP) is 1.90. The largest absolute Gasteiger partial charge is 0.465 e. The smallest absolute Gasteiger partial charge is 0.404 e. The SMILES string of the molecule is O=C(O)NCc1cnc2cnn(C3CCCCO3)c2c1. The van der Waals surface area contributed by atoms with E-state index in [0.717, 1.165) is 42.5 Å². The van der Waals surface area contributed by atoms with Crippen LogP contribution in [0.3, 0.4) is 0 Å². The molecule has 2 N–H and O–H groups in total. The van der Waals surface area contributed by atoms with Crippen LogP contribution in [0.25, 0.3) is 11.0 Å². The van der Waals surface area contributed by atoms with E-state index >= 15 is 0 Å². The minimum atomic E-state index is -1.05. The van der Waals surface area contributed by atoms with Gasteiger partial charge in [-0.3, -0.25) is 4.98 Å². The van der Waals surface area contributed by atoms with Crippen LogP contribution >= 0.6 is 0 Å². The van der Waals surface area contributed by atoms with Crippen molar-refractivity contribution in [1.29, 1.82) is 0 Å². The fourth-order valence-corrected chi connectivity index (χ4v) is 2.39. The van der Waals surface area contributed by atoms with Gasteiger partial charge in [-0.15, -0.1) is 0 Å². The van der Waals surface area contributed by atoms with Crippen molar-refractivity contribution in [2.24, 2.45) is 0 Å². The molecular formula is C13H16N4O3. The minimum absolute atomic E-state index is 0.0502. The maximum atomic E-state index is 10.5. The van der Waals surface area contributed by atoms with Crippen LogP contribution in [0.2, 0.25) is 0 Å². The number of aromatic nitrogens is 3. The molecule has 0 aromatic carbocycles. The van der Waals surface area contributed by atoms with Gasteiger partial charge in [0.05, 0.1) is 11.7 Å². The van der Waals surface area contributed by atoms with Crippen molar-refractivity contribution >= 4 is 17.1 Å². The van der Waals surface area contributed by atoms with Crippen LogP contribution in [0.15, 0.2) is 18.5 Å². The molecule has 0 aliphatic carbocycles. The van der Waals surface area contributed by atoms with Gasteiger partial charge in [0.1, 0.15) is 5.52 Å². The van der Waals surface area contributed by atoms with Crippen molar-refractivity contribution in [2.75, 3.05) is 6.61 Å². The van der Waals surface area contributed by atoms with Crippen molar-refractivity contribution in [2.45, 2.75) is 32.0 Å². The van der Waals surface area contributed by atoms with Gasteiger partial charge in [-0.25, -0.2) is 9.48 Å². The molecule has 1 amide bonds. The highest BCUT2D eigenvalue weighted by molar-refractivity contribution is 5.74. The molecule has 2 aromatic heterocycles. The number of carbonyl (C=O) groups is 1. The molecule has 1 aliphatic heterocycles. The fraction of sp³-hybridized carbons (Fsp3) is 0.462. The first-order valence-corrected chi connectivity index (χ1v) is 6.64. The Kier molecular flexibility index (Phi) is 3.51. The van der Waals surface area contributed by atoms with Crippen LogP contribution in [0, 0.1) is 0 Å². The molecule has 3 heterocycles. The molecule has 1 saturated heterocycles. The average Bonchev–Trinajstić information content (AvgIpc) is 2.89. The summed E-state index contributed by atoms with van der Waals surface area (Å²) in [5.41, 5.74) is 2.47. The van der Waals surface area contributed by atoms with E-state index in [-0.39, 0.29) is 12.8 Å². The normalized spacial score (nSPS) is 19.1. The first kappa shape index (κ1) is 12.9. The summed E-state index contributed by atoms with van der Waals surface area (Å²) in [7, 11) is 0. The number of amides is 1. The Bertz CT molecular complexity index is 619. The van der Waals surface area contributed by atoms with E-state index in [2.05, 4.69) is 15.4 Å². The molecular weight excluding hydrogens is 260 g/mol. The van der Waals surface area contributed by atoms with Gasteiger partial charge < -0.3 is 15.2 Å². The predicted molar refractivity (Wildman–Crippen MR) is 71.2 cm³/mol. The van der Waals surface area contributed by atoms with Gasteiger partial charge in [0.2, 0.25) is 0 Å². The second-order valence-corrected chi connectivity index (χ2v) is 4.82. The Labute approximate surface area is 115 Å². The van der Waals surface area contributed by atoms with Crippen LogP contribution in [0.5, 0.6) is 0 Å². The second-order valence-electron chi connectivity index (χ2n) is 4.82. The van der Waals surface area contributed by atoms with Crippen molar-refractivity contribution in [1.82, 2.24) is 20.1 Å². The quantitative estimate of drug-likeness (QED) is 0.893. The van der Waals surface area contributed by atoms with Crippen molar-refractivity contribution in [3.05, 3.63) is 24.0 Å². The minimum Gasteiger partial charge on any atom is -0.465 e. The molecule has 1 unspecified atom stereocenters. The fourth-order valence-electron chi connectivity index (χ4n) is 2.39. The number of nitrogens with zero attached hydrogens (tertiary/aromatic N) is 3. The molecule has 106 valence electrons. The molecule has 0 bridgehead atoms. The summed E-state index contributed by atoms with van der Waals surface area (Å²) in [4.78, 5) is 14.8. The first-order valence-electron chi connectivity index (χ1n) is 6.64. The van der Waals surface area contributed by atoms with E-state index in [9.17, 15) is 4.79 Å². The summed E-state index contributed by atoms with van der Waals surface area (Å²) in [5.74, 6) is 0. The highest BCUT2D eigenvalue weighted by atomic mass is 16.5. The molecule has 0 saturated carbocycles. The van der Waals surface area contributed by atoms with Gasteiger partial charge in [-0.05, 0) is 30.9 Å². The molecule has 20 heavy (non-hydrogen) atoms. The molecule has 7 nitrogen and oxygen atoms in total. The van der Waals surface area contributed by atoms with E-state index in [1.807, 2.05) is 10.7 Å². The van der Waals surface area contributed by atoms with Gasteiger partial charge >= 0.3 is 6.09 Å². The Hall–Kier alpha value is -2.15. The molecule has 1 atom stereocenters. The third-order valence-corrected chi connectivity index (χ3v) is 3.38. The van der Waals surface area contributed by atoms with Crippen LogP contribution in [0.1, 0.15) is 31.1 Å². The second kappa shape index (κ2) is 5.46. The maximum Gasteiger partial charge on any atom is 0.404 e. The zero-order chi connectivity index (χ0) is 13.9. The number of ether oxygens (including phenoxy) is 1. The molecule has 2 aromatic rings. The maximum absolute atomic E-state index is 10.5. The lowest BCUT2D eigenvalue weighted by molar-refractivity contribution is -0.0366. The van der Waals surface area contributed by atoms with E-state index in [1.165, 1.54) is 0 Å². The first-order chi connectivity index (χ1) is 9.74. The molecule has 1 fully saturated rings. The third kappa shape index (κ3) is 2.57. The van der Waals surface area contributed by atoms with Crippen molar-refractivity contribution in [3.63, 3.8) is 0 Å². The van der Waals surface area contributed by atoms with E-state index in [4.69, 9.17) is 9.84 Å². The number of nitrogens with one attached hydrogen (secondary N) is 1. The Balaban J connectivity index is 1.88. The Morgan fingerprint density at radius 3 is 3.15 bits per heavy atom. The monoisotopic (exact) mass is 276 g/mol. The van der Waals surface area contributed by atoms with Crippen LogP contribution in [-0.4, -0.2) is 32.6 Å². The number of hydrogen-bond donors (Lipinski definition) is 2. The lowest BCUT2D eigenvalue weighted by atomic mass is 10.2. The number of pyridine rings is 1. The van der Waals surface area contributed by atoms with Crippen LogP contribution < -0.4 is 5.32 Å². The summed E-state index contributed by atoms with van der Waals surface area (Å²) < 4.78 is 7.57. The van der Waals surface area contributed by atoms with Gasteiger partial charge in [-0.1, -0.05) is 0 Å². The number of rotatable bonds is 3. The van der Waals surface area contributed by atoms with Crippen molar-refractivity contribution < 1.29 is 14.6 Å². The molecule has 0 radical (unpaired) electrons. The standard InChI is InChI=1S/C13H16N4O3/c18-13(19)15-7-9-5-11-10(14-6-9)8-16-17(11)12-3-1-2-4-20-12/h5-6,8,12,15H,1-4,7H2,(H,18,19). The van der Waals surface area contributed by atoms with Gasteiger partial charge in [-0.2, -0.15) is 5.10 Å². The molecule has 3 rings (SSSR count). The molecule has 7 heteroatoms. The summed E-state index contributed by atoms with van der Waals surface area (Å²) in [6.07, 6.45) is 5.42. The highest BCUT2D eigenvalue weighted by Crippen LogP contribution is 2.25. The van der Waals surface area contributed by atoms with E-state index < -0.39 is 6.09 Å². The topological polar surface area (TPSA) is 89.3 Å². The van der Waals surface area contributed by atoms with Gasteiger partial charge in [0.15, 0.2) is 6.23 Å². The summed E-state index contributed by atoms with van der Waals surface area (Å²) >= 11 is 0. The lowest BCUT2D eigenvalue weighted by Gasteiger charge is -2.23. The summed E-state index contributed by atoms with van der Waals surface area (Å²) in [6, 6.07) is 1.91. The zero-order valence-electron chi connectivity index (χ0n) is 11.0. The summed E-state index contributed by atoms with van der Waals surface area (Å²) in [6.45, 7) is 0.981. The highest BCUT2D eigenvalue weighted by Gasteiger charge is 2.18. The van der Waals surface area contributed by atoms with Crippen LogP contribution in [-0.2, 0) is 11.3 Å². The third-order valence-electron chi connectivity index (χ3n) is 3.38.